The molecule has 0 radical (unpaired) electrons. The Bertz CT molecular complexity index is 1250. The summed E-state index contributed by atoms with van der Waals surface area (Å²) in [4.78, 5) is 25.4. The fraction of sp³-hybridized carbons (Fsp3) is 0.400. The number of morpholine rings is 1. The maximum absolute atomic E-state index is 13.4. The van der Waals surface area contributed by atoms with E-state index in [1.165, 1.54) is 12.1 Å². The molecule has 0 bridgehead atoms. The van der Waals surface area contributed by atoms with Crippen LogP contribution in [0.1, 0.15) is 12.8 Å². The highest BCUT2D eigenvalue weighted by Crippen LogP contribution is 2.34. The molecule has 9 nitrogen and oxygen atoms in total. The molecule has 1 N–H and O–H groups in total. The predicted octanol–water partition coefficient (Wildman–Crippen LogP) is 4.47. The minimum absolute atomic E-state index is 0.0144. The summed E-state index contributed by atoms with van der Waals surface area (Å²) in [6.45, 7) is 3.75. The first kappa shape index (κ1) is 24.3. The number of likely N-dealkylation sites (tertiary alicyclic amines) is 1. The molecule has 5 rings (SSSR count). The van der Waals surface area contributed by atoms with Gasteiger partial charge in [0.2, 0.25) is 5.95 Å². The van der Waals surface area contributed by atoms with Crippen LogP contribution in [0.25, 0.3) is 10.9 Å². The third kappa shape index (κ3) is 5.39. The Balaban J connectivity index is 1.25. The van der Waals surface area contributed by atoms with E-state index in [0.29, 0.717) is 68.0 Å². The van der Waals surface area contributed by atoms with Crippen LogP contribution in [0.15, 0.2) is 36.5 Å². The van der Waals surface area contributed by atoms with Crippen LogP contribution in [0.5, 0.6) is 11.5 Å². The van der Waals surface area contributed by atoms with Gasteiger partial charge in [-0.05, 0) is 24.3 Å². The van der Waals surface area contributed by atoms with E-state index in [1.807, 2.05) is 15.9 Å². The predicted molar refractivity (Wildman–Crippen MR) is 134 cm³/mol. The number of nitrogens with one attached hydrogen (secondary N) is 1. The first-order chi connectivity index (χ1) is 17.5. The van der Waals surface area contributed by atoms with E-state index in [2.05, 4.69) is 15.3 Å². The average molecular weight is 516 g/mol. The molecule has 3 aromatic rings. The molecule has 11 heteroatoms. The van der Waals surface area contributed by atoms with Crippen molar-refractivity contribution in [2.45, 2.75) is 18.9 Å². The van der Waals surface area contributed by atoms with Gasteiger partial charge in [0.15, 0.2) is 11.5 Å². The second-order valence-electron chi connectivity index (χ2n) is 8.70. The van der Waals surface area contributed by atoms with Gasteiger partial charge in [0.05, 0.1) is 30.9 Å². The summed E-state index contributed by atoms with van der Waals surface area (Å²) in [5.74, 6) is 1.02. The lowest BCUT2D eigenvalue weighted by atomic mass is 10.1. The molecule has 2 amide bonds. The maximum atomic E-state index is 13.4. The molecule has 0 aliphatic carbocycles. The van der Waals surface area contributed by atoms with Gasteiger partial charge in [-0.3, -0.25) is 0 Å². The molecule has 190 valence electrons. The van der Waals surface area contributed by atoms with Crippen LogP contribution in [0, 0.1) is 5.82 Å². The van der Waals surface area contributed by atoms with E-state index in [0.717, 1.165) is 18.2 Å². The van der Waals surface area contributed by atoms with Gasteiger partial charge in [-0.25, -0.2) is 19.2 Å². The number of anilines is 2. The number of ether oxygens (including phenoxy) is 3. The van der Waals surface area contributed by atoms with E-state index in [4.69, 9.17) is 25.8 Å². The van der Waals surface area contributed by atoms with Gasteiger partial charge in [0, 0.05) is 62.4 Å². The number of urea groups is 1. The van der Waals surface area contributed by atoms with Crippen LogP contribution in [0.2, 0.25) is 5.02 Å². The van der Waals surface area contributed by atoms with Crippen molar-refractivity contribution in [3.05, 3.63) is 47.4 Å². The number of hydrogen-bond donors (Lipinski definition) is 1. The molecular weight excluding hydrogens is 489 g/mol. The molecular formula is C25H27ClFN5O4. The van der Waals surface area contributed by atoms with Gasteiger partial charge >= 0.3 is 6.03 Å². The summed E-state index contributed by atoms with van der Waals surface area (Å²) in [6.07, 6.45) is 3.12. The summed E-state index contributed by atoms with van der Waals surface area (Å²) in [7, 11) is 1.58. The van der Waals surface area contributed by atoms with Crippen molar-refractivity contribution < 1.29 is 23.4 Å². The molecule has 3 heterocycles. The fourth-order valence-electron chi connectivity index (χ4n) is 4.35. The minimum Gasteiger partial charge on any atom is -0.493 e. The minimum atomic E-state index is -0.492. The normalized spacial score (nSPS) is 16.8. The maximum Gasteiger partial charge on any atom is 0.320 e. The lowest BCUT2D eigenvalue weighted by Gasteiger charge is -2.37. The molecule has 2 aliphatic rings. The number of piperidine rings is 1. The van der Waals surface area contributed by atoms with Crippen LogP contribution in [0.4, 0.5) is 20.8 Å². The molecule has 0 unspecified atom stereocenters. The SMILES string of the molecule is COc1cc2nc(Nc3ccc(F)c(Cl)c3)ncc2cc1OC1CCN(C(=O)N2CCOCC2)CC1. The molecule has 0 atom stereocenters. The third-order valence-corrected chi connectivity index (χ3v) is 6.62. The largest absolute Gasteiger partial charge is 0.493 e. The summed E-state index contributed by atoms with van der Waals surface area (Å²) in [6, 6.07) is 8.05. The van der Waals surface area contributed by atoms with Gasteiger partial charge < -0.3 is 29.3 Å². The zero-order chi connectivity index (χ0) is 25.1. The molecule has 2 aromatic carbocycles. The molecule has 2 saturated heterocycles. The van der Waals surface area contributed by atoms with Crippen molar-refractivity contribution in [3.63, 3.8) is 0 Å². The Hall–Kier alpha value is -3.37. The Kier molecular flexibility index (Phi) is 7.24. The molecule has 0 spiro atoms. The number of halogens is 2. The number of rotatable bonds is 5. The number of carbonyl (C=O) groups excluding carboxylic acids is 1. The highest BCUT2D eigenvalue weighted by molar-refractivity contribution is 6.31. The van der Waals surface area contributed by atoms with Gasteiger partial charge in [0.25, 0.3) is 0 Å². The summed E-state index contributed by atoms with van der Waals surface area (Å²) in [5.41, 5.74) is 1.24. The number of benzene rings is 2. The molecule has 2 fully saturated rings. The topological polar surface area (TPSA) is 89.0 Å². The van der Waals surface area contributed by atoms with Crippen LogP contribution in [0.3, 0.4) is 0 Å². The van der Waals surface area contributed by atoms with Gasteiger partial charge in [-0.2, -0.15) is 0 Å². The van der Waals surface area contributed by atoms with Crippen LogP contribution < -0.4 is 14.8 Å². The lowest BCUT2D eigenvalue weighted by molar-refractivity contribution is 0.0359. The molecule has 1 aromatic heterocycles. The Labute approximate surface area is 213 Å². The van der Waals surface area contributed by atoms with Crippen molar-refractivity contribution in [3.8, 4) is 11.5 Å². The van der Waals surface area contributed by atoms with Crippen molar-refractivity contribution in [2.75, 3.05) is 51.8 Å². The standard InChI is InChI=1S/C25H27ClFN5O4/c1-34-22-14-21-16(15-28-24(30-21)29-17-2-3-20(27)19(26)13-17)12-23(22)36-18-4-6-31(7-5-18)25(33)32-8-10-35-11-9-32/h2-3,12-15,18H,4-11H2,1H3,(H,28,29,30). The number of hydrogen-bond acceptors (Lipinski definition) is 7. The highest BCUT2D eigenvalue weighted by atomic mass is 35.5. The lowest BCUT2D eigenvalue weighted by Crippen LogP contribution is -2.51. The van der Waals surface area contributed by atoms with Crippen molar-refractivity contribution in [1.82, 2.24) is 19.8 Å². The smallest absolute Gasteiger partial charge is 0.320 e. The van der Waals surface area contributed by atoms with Gasteiger partial charge in [-0.1, -0.05) is 11.6 Å². The third-order valence-electron chi connectivity index (χ3n) is 6.33. The van der Waals surface area contributed by atoms with E-state index in [9.17, 15) is 9.18 Å². The molecule has 36 heavy (non-hydrogen) atoms. The van der Waals surface area contributed by atoms with E-state index >= 15 is 0 Å². The zero-order valence-electron chi connectivity index (χ0n) is 19.9. The van der Waals surface area contributed by atoms with Crippen LogP contribution in [-0.2, 0) is 4.74 Å². The number of carbonyl (C=O) groups is 1. The Morgan fingerprint density at radius 2 is 1.86 bits per heavy atom. The number of nitrogens with zero attached hydrogens (tertiary/aromatic N) is 4. The first-order valence-corrected chi connectivity index (χ1v) is 12.2. The Morgan fingerprint density at radius 3 is 2.58 bits per heavy atom. The van der Waals surface area contributed by atoms with Crippen LogP contribution >= 0.6 is 11.6 Å². The summed E-state index contributed by atoms with van der Waals surface area (Å²) < 4.78 is 30.6. The van der Waals surface area contributed by atoms with E-state index in [-0.39, 0.29) is 17.2 Å². The number of methoxy groups -OCH3 is 1. The number of amides is 2. The molecule has 0 saturated carbocycles. The number of aromatic nitrogens is 2. The second kappa shape index (κ2) is 10.7. The number of fused-ring (bicyclic) bond motifs is 1. The van der Waals surface area contributed by atoms with Gasteiger partial charge in [-0.15, -0.1) is 0 Å². The molecule has 2 aliphatic heterocycles. The second-order valence-corrected chi connectivity index (χ2v) is 9.10. The van der Waals surface area contributed by atoms with Crippen molar-refractivity contribution >= 4 is 40.2 Å². The fourth-order valence-corrected chi connectivity index (χ4v) is 4.53. The Morgan fingerprint density at radius 1 is 1.11 bits per heavy atom. The van der Waals surface area contributed by atoms with E-state index in [1.54, 1.807) is 25.4 Å². The monoisotopic (exact) mass is 515 g/mol. The van der Waals surface area contributed by atoms with Crippen LogP contribution in [-0.4, -0.2) is 78.4 Å². The van der Waals surface area contributed by atoms with E-state index < -0.39 is 5.82 Å². The average Bonchev–Trinajstić information content (AvgIpc) is 2.91. The van der Waals surface area contributed by atoms with Crippen molar-refractivity contribution in [2.24, 2.45) is 0 Å². The zero-order valence-corrected chi connectivity index (χ0v) is 20.6. The summed E-state index contributed by atoms with van der Waals surface area (Å²) in [5, 5.41) is 3.83. The first-order valence-electron chi connectivity index (χ1n) is 11.9. The van der Waals surface area contributed by atoms with Crippen molar-refractivity contribution in [1.29, 1.82) is 0 Å². The van der Waals surface area contributed by atoms with Gasteiger partial charge in [0.1, 0.15) is 11.9 Å². The quantitative estimate of drug-likeness (QED) is 0.536. The summed E-state index contributed by atoms with van der Waals surface area (Å²) >= 11 is 5.86. The highest BCUT2D eigenvalue weighted by Gasteiger charge is 2.28.